The molecule has 0 unspecified atom stereocenters. The van der Waals surface area contributed by atoms with Gasteiger partial charge in [0.15, 0.2) is 0 Å². The van der Waals surface area contributed by atoms with E-state index in [0.29, 0.717) is 0 Å². The third-order valence-electron chi connectivity index (χ3n) is 9.37. The first kappa shape index (κ1) is 34.4. The maximum Gasteiger partial charge on any atom is 0.0635 e. The van der Waals surface area contributed by atoms with Crippen molar-refractivity contribution in [2.24, 2.45) is 0 Å². The van der Waals surface area contributed by atoms with Gasteiger partial charge in [-0.3, -0.25) is 0 Å². The molecule has 4 heteroatoms. The van der Waals surface area contributed by atoms with Gasteiger partial charge in [-0.25, -0.2) is 0 Å². The molecule has 0 aliphatic rings. The number of anilines is 4. The van der Waals surface area contributed by atoms with E-state index in [-0.39, 0.29) is 0 Å². The molecule has 0 atom stereocenters. The third kappa shape index (κ3) is 7.25. The third-order valence-corrected chi connectivity index (χ3v) is 9.37. The summed E-state index contributed by atoms with van der Waals surface area (Å²) in [6.07, 6.45) is 0. The Morgan fingerprint density at radius 1 is 0.280 bits per heavy atom. The molecule has 0 amide bonds. The average molecular weight is 657 g/mol. The van der Waals surface area contributed by atoms with Crippen molar-refractivity contribution in [2.75, 3.05) is 76.0 Å². The lowest BCUT2D eigenvalue weighted by molar-refractivity contribution is 1.12. The van der Waals surface area contributed by atoms with Gasteiger partial charge in [0.25, 0.3) is 0 Å². The molecular weight excluding hydrogens is 609 g/mol. The summed E-state index contributed by atoms with van der Waals surface area (Å²) in [5.74, 6) is 2.41. The molecule has 0 aromatic heterocycles. The number of benzene rings is 6. The second-order valence-electron chi connectivity index (χ2n) is 13.6. The zero-order valence-corrected chi connectivity index (χ0v) is 30.6. The van der Waals surface area contributed by atoms with Crippen molar-refractivity contribution in [1.29, 1.82) is 0 Å². The Labute approximate surface area is 299 Å². The molecule has 6 aromatic carbocycles. The molecule has 4 nitrogen and oxygen atoms in total. The molecule has 0 aliphatic carbocycles. The Morgan fingerprint density at radius 3 is 0.720 bits per heavy atom. The van der Waals surface area contributed by atoms with Gasteiger partial charge in [0.05, 0.1) is 11.8 Å². The van der Waals surface area contributed by atoms with Crippen LogP contribution in [-0.4, -0.2) is 56.4 Å². The van der Waals surface area contributed by atoms with Crippen LogP contribution < -0.4 is 19.6 Å². The Bertz CT molecular complexity index is 1740. The monoisotopic (exact) mass is 656 g/mol. The number of rotatable bonds is 11. The van der Waals surface area contributed by atoms with Crippen LogP contribution in [0, 0.1) is 11.8 Å². The van der Waals surface area contributed by atoms with Crippen molar-refractivity contribution >= 4 is 22.7 Å². The highest BCUT2D eigenvalue weighted by molar-refractivity contribution is 5.81. The second kappa shape index (κ2) is 15.0. The minimum absolute atomic E-state index is 1.18. The summed E-state index contributed by atoms with van der Waals surface area (Å²) in [6, 6.07) is 53.5. The summed E-state index contributed by atoms with van der Waals surface area (Å²) < 4.78 is 0. The Morgan fingerprint density at radius 2 is 0.500 bits per heavy atom. The van der Waals surface area contributed by atoms with Gasteiger partial charge in [-0.2, -0.15) is 0 Å². The molecule has 0 bridgehead atoms. The fourth-order valence-electron chi connectivity index (χ4n) is 6.53. The van der Waals surface area contributed by atoms with E-state index >= 15 is 0 Å². The standard InChI is InChI=1S/C46H48N4/c1-47(2)37-25-17-33(18-26-37)45(34-19-27-38(28-20-34)48(3)4)43-15-11-9-13-41(43)42-14-10-12-16-44(42)46(35-21-29-39(30-22-35)49(5)6)36-23-31-40(32-24-36)50(7)8/h9-32H,1-8H3. The highest BCUT2D eigenvalue weighted by Gasteiger charge is 2.26. The van der Waals surface area contributed by atoms with Gasteiger partial charge in [0.2, 0.25) is 0 Å². The van der Waals surface area contributed by atoms with E-state index in [9.17, 15) is 0 Å². The van der Waals surface area contributed by atoms with Crippen LogP contribution in [0.3, 0.4) is 0 Å². The van der Waals surface area contributed by atoms with Crippen LogP contribution in [0.5, 0.6) is 0 Å². The van der Waals surface area contributed by atoms with E-state index in [4.69, 9.17) is 0 Å². The smallest absolute Gasteiger partial charge is 0.0635 e. The van der Waals surface area contributed by atoms with Gasteiger partial charge in [-0.1, -0.05) is 97.1 Å². The normalized spacial score (nSPS) is 11.2. The molecule has 6 aromatic rings. The minimum atomic E-state index is 1.18. The Hall–Kier alpha value is -5.48. The maximum absolute atomic E-state index is 2.28. The predicted molar refractivity (Wildman–Crippen MR) is 216 cm³/mol. The fourth-order valence-corrected chi connectivity index (χ4v) is 6.53. The predicted octanol–water partition coefficient (Wildman–Crippen LogP) is 9.66. The van der Waals surface area contributed by atoms with Crippen LogP contribution in [0.4, 0.5) is 22.7 Å². The van der Waals surface area contributed by atoms with Crippen LogP contribution in [0.25, 0.3) is 11.1 Å². The van der Waals surface area contributed by atoms with Crippen molar-refractivity contribution in [2.45, 2.75) is 0 Å². The summed E-state index contributed by atoms with van der Waals surface area (Å²) in [5, 5.41) is 0. The van der Waals surface area contributed by atoms with Crippen molar-refractivity contribution in [3.8, 4) is 11.1 Å². The molecule has 6 rings (SSSR count). The first-order valence-corrected chi connectivity index (χ1v) is 17.2. The van der Waals surface area contributed by atoms with Gasteiger partial charge in [0.1, 0.15) is 0 Å². The molecule has 0 aliphatic heterocycles. The minimum Gasteiger partial charge on any atom is -0.378 e. The van der Waals surface area contributed by atoms with Crippen LogP contribution in [-0.2, 0) is 0 Å². The summed E-state index contributed by atoms with van der Waals surface area (Å²) in [6.45, 7) is 0. The molecule has 0 fully saturated rings. The lowest BCUT2D eigenvalue weighted by Gasteiger charge is -2.26. The van der Waals surface area contributed by atoms with E-state index in [1.165, 1.54) is 79.1 Å². The quantitative estimate of drug-likeness (QED) is 0.129. The molecular formula is C46H48N4. The number of nitrogens with zero attached hydrogens (tertiary/aromatic N) is 4. The second-order valence-corrected chi connectivity index (χ2v) is 13.6. The van der Waals surface area contributed by atoms with E-state index in [2.05, 4.69) is 222 Å². The summed E-state index contributed by atoms with van der Waals surface area (Å²) in [7, 11) is 16.7. The zero-order chi connectivity index (χ0) is 35.4. The largest absolute Gasteiger partial charge is 0.378 e. The van der Waals surface area contributed by atoms with Crippen molar-refractivity contribution in [3.05, 3.63) is 191 Å². The van der Waals surface area contributed by atoms with Crippen LogP contribution in [0.15, 0.2) is 146 Å². The summed E-state index contributed by atoms with van der Waals surface area (Å²) >= 11 is 0. The van der Waals surface area contributed by atoms with Crippen molar-refractivity contribution in [3.63, 3.8) is 0 Å². The molecule has 0 saturated heterocycles. The van der Waals surface area contributed by atoms with Crippen molar-refractivity contribution < 1.29 is 0 Å². The van der Waals surface area contributed by atoms with E-state index < -0.39 is 0 Å². The lowest BCUT2D eigenvalue weighted by Crippen LogP contribution is -2.12. The van der Waals surface area contributed by atoms with Gasteiger partial charge in [-0.15, -0.1) is 0 Å². The first-order valence-electron chi connectivity index (χ1n) is 17.2. The molecule has 252 valence electrons. The number of hydrogen-bond donors (Lipinski definition) is 0. The molecule has 2 radical (unpaired) electrons. The molecule has 0 saturated carbocycles. The maximum atomic E-state index is 2.28. The van der Waals surface area contributed by atoms with Gasteiger partial charge < -0.3 is 19.6 Å². The molecule has 0 heterocycles. The summed E-state index contributed by atoms with van der Waals surface area (Å²) in [5.41, 5.74) is 14.2. The molecule has 50 heavy (non-hydrogen) atoms. The Balaban J connectivity index is 1.55. The lowest BCUT2D eigenvalue weighted by atomic mass is 9.77. The topological polar surface area (TPSA) is 13.0 Å². The Kier molecular flexibility index (Phi) is 10.3. The van der Waals surface area contributed by atoms with E-state index in [1.54, 1.807) is 0 Å². The van der Waals surface area contributed by atoms with Crippen LogP contribution in [0.2, 0.25) is 0 Å². The van der Waals surface area contributed by atoms with E-state index in [0.717, 1.165) is 0 Å². The summed E-state index contributed by atoms with van der Waals surface area (Å²) in [4.78, 5) is 8.58. The molecule has 0 N–H and O–H groups in total. The van der Waals surface area contributed by atoms with Crippen LogP contribution in [0.1, 0.15) is 33.4 Å². The van der Waals surface area contributed by atoms with Gasteiger partial charge in [-0.05, 0) is 93.0 Å². The average Bonchev–Trinajstić information content (AvgIpc) is 3.13. The van der Waals surface area contributed by atoms with Gasteiger partial charge >= 0.3 is 0 Å². The van der Waals surface area contributed by atoms with Crippen LogP contribution >= 0.6 is 0 Å². The highest BCUT2D eigenvalue weighted by Crippen LogP contribution is 2.43. The SMILES string of the molecule is CN(C)c1ccc([C](c2ccc(N(C)C)cc2)c2ccccc2-c2ccccc2[C](c2ccc(N(C)C)cc2)c2ccc(N(C)C)cc2)cc1. The van der Waals surface area contributed by atoms with Gasteiger partial charge in [0, 0.05) is 79.1 Å². The fraction of sp³-hybridized carbons (Fsp3) is 0.174. The first-order chi connectivity index (χ1) is 24.1. The highest BCUT2D eigenvalue weighted by atomic mass is 15.1. The van der Waals surface area contributed by atoms with E-state index in [1.807, 2.05) is 0 Å². The zero-order valence-electron chi connectivity index (χ0n) is 30.6. The van der Waals surface area contributed by atoms with Crippen molar-refractivity contribution in [1.82, 2.24) is 0 Å². The molecule has 0 spiro atoms. The number of hydrogen-bond acceptors (Lipinski definition) is 4.